The number of allylic oxidation sites excluding steroid dienone is 1. The molecule has 0 saturated heterocycles. The average Bonchev–Trinajstić information content (AvgIpc) is 2.58. The lowest BCUT2D eigenvalue weighted by molar-refractivity contribution is -0.121. The van der Waals surface area contributed by atoms with Crippen LogP contribution in [0.1, 0.15) is 30.9 Å². The van der Waals surface area contributed by atoms with Crippen LogP contribution in [0.3, 0.4) is 0 Å². The highest BCUT2D eigenvalue weighted by molar-refractivity contribution is 5.96. The van der Waals surface area contributed by atoms with Crippen LogP contribution in [0, 0.1) is 6.92 Å². The van der Waals surface area contributed by atoms with Crippen LogP contribution in [0.25, 0.3) is 0 Å². The summed E-state index contributed by atoms with van der Waals surface area (Å²) in [6.07, 6.45) is 1.42. The van der Waals surface area contributed by atoms with E-state index in [4.69, 9.17) is 4.74 Å². The summed E-state index contributed by atoms with van der Waals surface area (Å²) in [6.45, 7) is 8.03. The number of benzene rings is 1. The van der Waals surface area contributed by atoms with E-state index in [0.29, 0.717) is 6.42 Å². The van der Waals surface area contributed by atoms with Gasteiger partial charge in [0, 0.05) is 6.42 Å². The van der Waals surface area contributed by atoms with E-state index < -0.39 is 5.41 Å². The Bertz CT molecular complexity index is 470. The second-order valence-electron chi connectivity index (χ2n) is 4.84. The van der Waals surface area contributed by atoms with Gasteiger partial charge in [-0.2, -0.15) is 0 Å². The molecule has 2 heteroatoms. The Morgan fingerprint density at radius 1 is 1.35 bits per heavy atom. The molecule has 1 aromatic carbocycles. The van der Waals surface area contributed by atoms with Crippen LogP contribution in [-0.4, -0.2) is 12.9 Å². The fourth-order valence-corrected chi connectivity index (χ4v) is 2.52. The number of ketones is 1. The monoisotopic (exact) mass is 230 g/mol. The van der Waals surface area contributed by atoms with Crippen molar-refractivity contribution >= 4 is 5.78 Å². The molecule has 0 aliphatic heterocycles. The molecule has 0 spiro atoms. The van der Waals surface area contributed by atoms with Crippen LogP contribution in [-0.2, 0) is 10.2 Å². The highest BCUT2D eigenvalue weighted by atomic mass is 16.5. The van der Waals surface area contributed by atoms with E-state index in [2.05, 4.69) is 6.58 Å². The maximum absolute atomic E-state index is 12.1. The van der Waals surface area contributed by atoms with E-state index in [9.17, 15) is 4.79 Å². The lowest BCUT2D eigenvalue weighted by Gasteiger charge is -2.25. The van der Waals surface area contributed by atoms with Crippen molar-refractivity contribution < 1.29 is 9.53 Å². The Balaban J connectivity index is 2.50. The molecule has 0 amide bonds. The van der Waals surface area contributed by atoms with Crippen LogP contribution < -0.4 is 4.74 Å². The maximum Gasteiger partial charge on any atom is 0.147 e. The Labute approximate surface area is 102 Å². The van der Waals surface area contributed by atoms with Crippen LogP contribution in [0.5, 0.6) is 5.75 Å². The van der Waals surface area contributed by atoms with Gasteiger partial charge in [0.1, 0.15) is 11.5 Å². The topological polar surface area (TPSA) is 26.3 Å². The number of hydrogen-bond acceptors (Lipinski definition) is 2. The normalized spacial score (nSPS) is 24.2. The van der Waals surface area contributed by atoms with Gasteiger partial charge in [-0.3, -0.25) is 4.79 Å². The smallest absolute Gasteiger partial charge is 0.147 e. The van der Waals surface area contributed by atoms with Crippen molar-refractivity contribution in [3.8, 4) is 5.75 Å². The van der Waals surface area contributed by atoms with Crippen LogP contribution in [0.2, 0.25) is 0 Å². The van der Waals surface area contributed by atoms with E-state index in [1.54, 1.807) is 7.11 Å². The quantitative estimate of drug-likeness (QED) is 0.729. The largest absolute Gasteiger partial charge is 0.496 e. The maximum atomic E-state index is 12.1. The fraction of sp³-hybridized carbons (Fsp3) is 0.400. The zero-order valence-electron chi connectivity index (χ0n) is 10.7. The summed E-state index contributed by atoms with van der Waals surface area (Å²) in [5.74, 6) is 1.13. The minimum absolute atomic E-state index is 0.270. The van der Waals surface area contributed by atoms with Crippen molar-refractivity contribution in [2.45, 2.75) is 32.1 Å². The van der Waals surface area contributed by atoms with Crippen molar-refractivity contribution in [3.63, 3.8) is 0 Å². The van der Waals surface area contributed by atoms with Gasteiger partial charge in [-0.1, -0.05) is 24.3 Å². The van der Waals surface area contributed by atoms with Gasteiger partial charge in [-0.05, 0) is 37.5 Å². The third kappa shape index (κ3) is 1.68. The van der Waals surface area contributed by atoms with Crippen molar-refractivity contribution in [2.75, 3.05) is 7.11 Å². The molecular weight excluding hydrogens is 212 g/mol. The molecule has 1 aromatic rings. The molecule has 90 valence electrons. The summed E-state index contributed by atoms with van der Waals surface area (Å²) in [7, 11) is 1.66. The predicted molar refractivity (Wildman–Crippen MR) is 68.5 cm³/mol. The number of methoxy groups -OCH3 is 1. The molecule has 1 fully saturated rings. The Morgan fingerprint density at radius 3 is 2.53 bits per heavy atom. The summed E-state index contributed by atoms with van der Waals surface area (Å²) in [4.78, 5) is 12.1. The molecule has 0 bridgehead atoms. The number of Topliss-reactive ketones (excluding diaryl/α,β-unsaturated/α-hetero) is 1. The molecule has 1 saturated carbocycles. The molecule has 17 heavy (non-hydrogen) atoms. The van der Waals surface area contributed by atoms with Crippen LogP contribution in [0.15, 0.2) is 30.4 Å². The van der Waals surface area contributed by atoms with Crippen molar-refractivity contribution in [3.05, 3.63) is 41.5 Å². The number of ether oxygens (including phenoxy) is 1. The summed E-state index contributed by atoms with van der Waals surface area (Å²) in [6, 6.07) is 5.93. The molecular formula is C15H18O2. The van der Waals surface area contributed by atoms with Gasteiger partial charge in [0.2, 0.25) is 0 Å². The molecule has 0 aromatic heterocycles. The van der Waals surface area contributed by atoms with Crippen molar-refractivity contribution in [1.82, 2.24) is 0 Å². The highest BCUT2D eigenvalue weighted by Gasteiger charge is 2.42. The van der Waals surface area contributed by atoms with Crippen molar-refractivity contribution in [1.29, 1.82) is 0 Å². The first-order chi connectivity index (χ1) is 8.00. The highest BCUT2D eigenvalue weighted by Crippen LogP contribution is 2.42. The first-order valence-corrected chi connectivity index (χ1v) is 5.87. The lowest BCUT2D eigenvalue weighted by Crippen LogP contribution is -2.28. The van der Waals surface area contributed by atoms with E-state index in [1.165, 1.54) is 0 Å². The number of carbonyl (C=O) groups excluding carboxylic acids is 1. The van der Waals surface area contributed by atoms with Gasteiger partial charge in [-0.15, -0.1) is 0 Å². The summed E-state index contributed by atoms with van der Waals surface area (Å²) in [5, 5.41) is 0. The lowest BCUT2D eigenvalue weighted by atomic mass is 9.77. The minimum atomic E-state index is -0.503. The standard InChI is InChI=1S/C15H18O2/c1-10-9-12(6-7-13(10)17-4)15(3)11(2)5-8-14(15)16/h6-7,9H,2,5,8H2,1,3-4H3. The first kappa shape index (κ1) is 11.9. The van der Waals surface area contributed by atoms with Gasteiger partial charge in [0.25, 0.3) is 0 Å². The van der Waals surface area contributed by atoms with E-state index in [0.717, 1.165) is 28.9 Å². The Hall–Kier alpha value is -1.57. The van der Waals surface area contributed by atoms with E-state index in [-0.39, 0.29) is 5.78 Å². The Kier molecular flexibility index (Phi) is 2.82. The summed E-state index contributed by atoms with van der Waals surface area (Å²) >= 11 is 0. The number of aryl methyl sites for hydroxylation is 1. The number of carbonyl (C=O) groups is 1. The molecule has 2 nitrogen and oxygen atoms in total. The SMILES string of the molecule is C=C1CCC(=O)C1(C)c1ccc(OC)c(C)c1. The molecule has 1 aliphatic rings. The van der Waals surface area contributed by atoms with Gasteiger partial charge in [0.05, 0.1) is 12.5 Å². The third-order valence-electron chi connectivity index (χ3n) is 3.89. The predicted octanol–water partition coefficient (Wildman–Crippen LogP) is 3.18. The van der Waals surface area contributed by atoms with Crippen LogP contribution >= 0.6 is 0 Å². The summed E-state index contributed by atoms with van der Waals surface area (Å²) < 4.78 is 5.24. The van der Waals surface area contributed by atoms with Crippen molar-refractivity contribution in [2.24, 2.45) is 0 Å². The van der Waals surface area contributed by atoms with Gasteiger partial charge >= 0.3 is 0 Å². The molecule has 0 radical (unpaired) electrons. The third-order valence-corrected chi connectivity index (χ3v) is 3.89. The number of hydrogen-bond donors (Lipinski definition) is 0. The Morgan fingerprint density at radius 2 is 2.06 bits per heavy atom. The second kappa shape index (κ2) is 4.02. The van der Waals surface area contributed by atoms with Crippen LogP contribution in [0.4, 0.5) is 0 Å². The zero-order valence-corrected chi connectivity index (χ0v) is 10.7. The fourth-order valence-electron chi connectivity index (χ4n) is 2.52. The molecule has 2 rings (SSSR count). The van der Waals surface area contributed by atoms with Gasteiger partial charge in [-0.25, -0.2) is 0 Å². The number of rotatable bonds is 2. The second-order valence-corrected chi connectivity index (χ2v) is 4.84. The average molecular weight is 230 g/mol. The molecule has 0 heterocycles. The molecule has 1 atom stereocenters. The van der Waals surface area contributed by atoms with Gasteiger partial charge in [0.15, 0.2) is 0 Å². The first-order valence-electron chi connectivity index (χ1n) is 5.87. The van der Waals surface area contributed by atoms with E-state index >= 15 is 0 Å². The zero-order chi connectivity index (χ0) is 12.6. The minimum Gasteiger partial charge on any atom is -0.496 e. The summed E-state index contributed by atoms with van der Waals surface area (Å²) in [5.41, 5.74) is 2.60. The molecule has 1 aliphatic carbocycles. The van der Waals surface area contributed by atoms with Gasteiger partial charge < -0.3 is 4.74 Å². The molecule has 0 N–H and O–H groups in total. The molecule has 1 unspecified atom stereocenters. The van der Waals surface area contributed by atoms with E-state index in [1.807, 2.05) is 32.0 Å².